The molecule has 2 amide bonds. The normalized spacial score (nSPS) is 12.8. The zero-order chi connectivity index (χ0) is 29.1. The van der Waals surface area contributed by atoms with Crippen LogP contribution in [0.2, 0.25) is 5.02 Å². The highest BCUT2D eigenvalue weighted by Crippen LogP contribution is 2.22. The average molecular weight is 584 g/mol. The Hall–Kier alpha value is -3.36. The number of sulfonamides is 1. The first-order chi connectivity index (χ1) is 19.1. The molecule has 0 radical (unpaired) electrons. The Kier molecular flexibility index (Phi) is 11.6. The lowest BCUT2D eigenvalue weighted by Crippen LogP contribution is -2.52. The first-order valence-electron chi connectivity index (χ1n) is 13.5. The summed E-state index contributed by atoms with van der Waals surface area (Å²) in [7, 11) is -3.58. The molecule has 3 aromatic carbocycles. The minimum absolute atomic E-state index is 0.0397. The number of amides is 2. The van der Waals surface area contributed by atoms with Crippen molar-refractivity contribution in [2.24, 2.45) is 0 Å². The second-order valence-electron chi connectivity index (χ2n) is 9.95. The Morgan fingerprint density at radius 3 is 2.02 bits per heavy atom. The van der Waals surface area contributed by atoms with Gasteiger partial charge in [0.15, 0.2) is 0 Å². The van der Waals surface area contributed by atoms with E-state index in [1.807, 2.05) is 74.5 Å². The van der Waals surface area contributed by atoms with E-state index < -0.39 is 16.1 Å². The van der Waals surface area contributed by atoms with Gasteiger partial charge in [-0.1, -0.05) is 79.2 Å². The number of nitrogens with zero attached hydrogens (tertiary/aromatic N) is 2. The summed E-state index contributed by atoms with van der Waals surface area (Å²) in [6.07, 6.45) is 2.63. The van der Waals surface area contributed by atoms with Crippen LogP contribution in [-0.2, 0) is 32.6 Å². The summed E-state index contributed by atoms with van der Waals surface area (Å²) in [6.45, 7) is 4.32. The van der Waals surface area contributed by atoms with E-state index in [0.29, 0.717) is 17.1 Å². The highest BCUT2D eigenvalue weighted by Gasteiger charge is 2.31. The molecule has 3 rings (SSSR count). The van der Waals surface area contributed by atoms with Gasteiger partial charge in [0.2, 0.25) is 21.8 Å². The Morgan fingerprint density at radius 2 is 1.48 bits per heavy atom. The SMILES string of the molecule is CC[C@@H](C)NC(=O)[C@H](Cc1ccccc1)N(Cc1ccccc1)C(=O)CCCN(c1ccc(Cl)cc1)S(C)(=O)=O. The second-order valence-corrected chi connectivity index (χ2v) is 12.3. The van der Waals surface area contributed by atoms with Gasteiger partial charge < -0.3 is 10.2 Å². The topological polar surface area (TPSA) is 86.8 Å². The third-order valence-electron chi connectivity index (χ3n) is 6.73. The van der Waals surface area contributed by atoms with E-state index in [9.17, 15) is 18.0 Å². The lowest BCUT2D eigenvalue weighted by molar-refractivity contribution is -0.141. The van der Waals surface area contributed by atoms with Crippen LogP contribution in [0.1, 0.15) is 44.2 Å². The molecular formula is C31H38ClN3O4S. The summed E-state index contributed by atoms with van der Waals surface area (Å²) < 4.78 is 26.4. The summed E-state index contributed by atoms with van der Waals surface area (Å²) in [4.78, 5) is 29.0. The number of halogens is 1. The molecule has 0 aliphatic rings. The first kappa shape index (κ1) is 31.2. The molecule has 0 aromatic heterocycles. The van der Waals surface area contributed by atoms with Gasteiger partial charge in [-0.25, -0.2) is 8.42 Å². The second kappa shape index (κ2) is 14.9. The Labute approximate surface area is 243 Å². The van der Waals surface area contributed by atoms with Gasteiger partial charge in [0.1, 0.15) is 6.04 Å². The van der Waals surface area contributed by atoms with Crippen LogP contribution < -0.4 is 9.62 Å². The number of carbonyl (C=O) groups is 2. The third-order valence-corrected chi connectivity index (χ3v) is 8.18. The van der Waals surface area contributed by atoms with Crippen LogP contribution in [0.15, 0.2) is 84.9 Å². The predicted octanol–water partition coefficient (Wildman–Crippen LogP) is 5.44. The van der Waals surface area contributed by atoms with Gasteiger partial charge in [-0.05, 0) is 55.2 Å². The minimum Gasteiger partial charge on any atom is -0.352 e. The van der Waals surface area contributed by atoms with E-state index >= 15 is 0 Å². The van der Waals surface area contributed by atoms with Gasteiger partial charge in [0, 0.05) is 37.0 Å². The molecule has 0 saturated heterocycles. The molecule has 214 valence electrons. The third kappa shape index (κ3) is 9.38. The van der Waals surface area contributed by atoms with Crippen LogP contribution in [0.5, 0.6) is 0 Å². The maximum Gasteiger partial charge on any atom is 0.243 e. The monoisotopic (exact) mass is 583 g/mol. The highest BCUT2D eigenvalue weighted by atomic mass is 35.5. The number of anilines is 1. The number of hydrogen-bond donors (Lipinski definition) is 1. The van der Waals surface area contributed by atoms with Crippen molar-refractivity contribution in [3.63, 3.8) is 0 Å². The molecular weight excluding hydrogens is 546 g/mol. The van der Waals surface area contributed by atoms with Crippen LogP contribution in [-0.4, -0.2) is 50.0 Å². The Morgan fingerprint density at radius 1 is 0.900 bits per heavy atom. The maximum atomic E-state index is 13.8. The molecule has 0 heterocycles. The van der Waals surface area contributed by atoms with Crippen molar-refractivity contribution < 1.29 is 18.0 Å². The minimum atomic E-state index is -3.58. The van der Waals surface area contributed by atoms with Gasteiger partial charge in [-0.2, -0.15) is 0 Å². The van der Waals surface area contributed by atoms with Crippen LogP contribution in [0.3, 0.4) is 0 Å². The van der Waals surface area contributed by atoms with Crippen molar-refractivity contribution in [2.45, 2.75) is 58.2 Å². The average Bonchev–Trinajstić information content (AvgIpc) is 2.94. The van der Waals surface area contributed by atoms with Crippen molar-refractivity contribution in [2.75, 3.05) is 17.1 Å². The lowest BCUT2D eigenvalue weighted by atomic mass is 10.0. The molecule has 7 nitrogen and oxygen atoms in total. The highest BCUT2D eigenvalue weighted by molar-refractivity contribution is 7.92. The molecule has 0 aliphatic carbocycles. The molecule has 0 aliphatic heterocycles. The van der Waals surface area contributed by atoms with E-state index in [4.69, 9.17) is 11.6 Å². The number of nitrogens with one attached hydrogen (secondary N) is 1. The zero-order valence-electron chi connectivity index (χ0n) is 23.3. The van der Waals surface area contributed by atoms with Crippen molar-refractivity contribution in [1.82, 2.24) is 10.2 Å². The summed E-state index contributed by atoms with van der Waals surface area (Å²) in [6, 6.07) is 25.0. The largest absolute Gasteiger partial charge is 0.352 e. The summed E-state index contributed by atoms with van der Waals surface area (Å²) >= 11 is 5.98. The molecule has 9 heteroatoms. The summed E-state index contributed by atoms with van der Waals surface area (Å²) in [5, 5.41) is 3.56. The molecule has 0 bridgehead atoms. The molecule has 0 unspecified atom stereocenters. The van der Waals surface area contributed by atoms with E-state index in [1.165, 1.54) is 4.31 Å². The summed E-state index contributed by atoms with van der Waals surface area (Å²) in [5.74, 6) is -0.421. The quantitative estimate of drug-likeness (QED) is 0.274. The van der Waals surface area contributed by atoms with Crippen molar-refractivity contribution in [3.8, 4) is 0 Å². The van der Waals surface area contributed by atoms with E-state index in [0.717, 1.165) is 23.8 Å². The van der Waals surface area contributed by atoms with Crippen LogP contribution >= 0.6 is 11.6 Å². The smallest absolute Gasteiger partial charge is 0.243 e. The fourth-order valence-corrected chi connectivity index (χ4v) is 5.48. The maximum absolute atomic E-state index is 13.8. The molecule has 0 saturated carbocycles. The van der Waals surface area contributed by atoms with Gasteiger partial charge >= 0.3 is 0 Å². The molecule has 40 heavy (non-hydrogen) atoms. The zero-order valence-corrected chi connectivity index (χ0v) is 24.9. The van der Waals surface area contributed by atoms with Crippen LogP contribution in [0, 0.1) is 0 Å². The summed E-state index contributed by atoms with van der Waals surface area (Å²) in [5.41, 5.74) is 2.34. The number of carbonyl (C=O) groups excluding carboxylic acids is 2. The predicted molar refractivity (Wildman–Crippen MR) is 162 cm³/mol. The van der Waals surface area contributed by atoms with Crippen molar-refractivity contribution in [1.29, 1.82) is 0 Å². The number of hydrogen-bond acceptors (Lipinski definition) is 4. The van der Waals surface area contributed by atoms with Crippen LogP contribution in [0.25, 0.3) is 0 Å². The van der Waals surface area contributed by atoms with E-state index in [1.54, 1.807) is 29.2 Å². The Balaban J connectivity index is 1.86. The van der Waals surface area contributed by atoms with Crippen molar-refractivity contribution >= 4 is 39.1 Å². The molecule has 0 spiro atoms. The lowest BCUT2D eigenvalue weighted by Gasteiger charge is -2.32. The standard InChI is InChI=1S/C31H38ClN3O4S/c1-4-24(2)33-31(37)29(22-25-12-7-5-8-13-25)34(23-26-14-9-6-10-15-26)30(36)16-11-21-35(40(3,38)39)28-19-17-27(32)18-20-28/h5-10,12-15,17-20,24,29H,4,11,16,21-23H2,1-3H3,(H,33,37)/t24-,29+/m1/s1. The van der Waals surface area contributed by atoms with Gasteiger partial charge in [0.25, 0.3) is 0 Å². The Bertz CT molecular complexity index is 1340. The molecule has 0 fully saturated rings. The van der Waals surface area contributed by atoms with Gasteiger partial charge in [-0.15, -0.1) is 0 Å². The molecule has 3 aromatic rings. The fraction of sp³-hybridized carbons (Fsp3) is 0.355. The fourth-order valence-electron chi connectivity index (χ4n) is 4.39. The van der Waals surface area contributed by atoms with E-state index in [-0.39, 0.29) is 43.8 Å². The molecule has 1 N–H and O–H groups in total. The first-order valence-corrected chi connectivity index (χ1v) is 15.7. The van der Waals surface area contributed by atoms with Crippen LogP contribution in [0.4, 0.5) is 5.69 Å². The van der Waals surface area contributed by atoms with Gasteiger partial charge in [0.05, 0.1) is 11.9 Å². The van der Waals surface area contributed by atoms with Gasteiger partial charge in [-0.3, -0.25) is 13.9 Å². The number of rotatable bonds is 14. The number of benzene rings is 3. The van der Waals surface area contributed by atoms with Crippen molar-refractivity contribution in [3.05, 3.63) is 101 Å². The molecule has 2 atom stereocenters. The van der Waals surface area contributed by atoms with E-state index in [2.05, 4.69) is 5.32 Å².